The SMILES string of the molecule is C[C@@H]1CCCCN1C(=O)CSc1nnc(-c2cccnc2)n1C. The first kappa shape index (κ1) is 16.0. The van der Waals surface area contributed by atoms with E-state index >= 15 is 0 Å². The zero-order valence-corrected chi connectivity index (χ0v) is 14.3. The third kappa shape index (κ3) is 3.55. The van der Waals surface area contributed by atoms with Gasteiger partial charge in [-0.15, -0.1) is 10.2 Å². The fourth-order valence-electron chi connectivity index (χ4n) is 2.86. The maximum Gasteiger partial charge on any atom is 0.233 e. The van der Waals surface area contributed by atoms with Gasteiger partial charge in [-0.25, -0.2) is 0 Å². The summed E-state index contributed by atoms with van der Waals surface area (Å²) in [7, 11) is 1.92. The lowest BCUT2D eigenvalue weighted by Crippen LogP contribution is -2.42. The zero-order chi connectivity index (χ0) is 16.2. The van der Waals surface area contributed by atoms with Gasteiger partial charge in [0.2, 0.25) is 5.91 Å². The van der Waals surface area contributed by atoms with Crippen molar-refractivity contribution >= 4 is 17.7 Å². The number of thioether (sulfide) groups is 1. The quantitative estimate of drug-likeness (QED) is 0.805. The van der Waals surface area contributed by atoms with Crippen LogP contribution < -0.4 is 0 Å². The van der Waals surface area contributed by atoms with Gasteiger partial charge in [-0.1, -0.05) is 11.8 Å². The molecule has 0 radical (unpaired) electrons. The maximum absolute atomic E-state index is 12.4. The van der Waals surface area contributed by atoms with Crippen LogP contribution in [0.15, 0.2) is 29.7 Å². The van der Waals surface area contributed by atoms with Crippen molar-refractivity contribution in [3.63, 3.8) is 0 Å². The van der Waals surface area contributed by atoms with E-state index < -0.39 is 0 Å². The standard InChI is InChI=1S/C16H21N5OS/c1-12-6-3-4-9-21(12)14(22)11-23-16-19-18-15(20(16)2)13-7-5-8-17-10-13/h5,7-8,10,12H,3-4,6,9,11H2,1-2H3/t12-/m1/s1. The summed E-state index contributed by atoms with van der Waals surface area (Å²) in [6.45, 7) is 3.00. The number of rotatable bonds is 4. The van der Waals surface area contributed by atoms with Crippen LogP contribution in [0, 0.1) is 0 Å². The Balaban J connectivity index is 1.65. The number of carbonyl (C=O) groups excluding carboxylic acids is 1. The summed E-state index contributed by atoms with van der Waals surface area (Å²) >= 11 is 1.44. The lowest BCUT2D eigenvalue weighted by Gasteiger charge is -2.33. The van der Waals surface area contributed by atoms with Crippen molar-refractivity contribution in [2.24, 2.45) is 7.05 Å². The van der Waals surface area contributed by atoms with E-state index in [2.05, 4.69) is 22.1 Å². The highest BCUT2D eigenvalue weighted by atomic mass is 32.2. The summed E-state index contributed by atoms with van der Waals surface area (Å²) in [4.78, 5) is 18.5. The molecule has 1 aliphatic heterocycles. The molecule has 0 unspecified atom stereocenters. The first-order chi connectivity index (χ1) is 11.2. The van der Waals surface area contributed by atoms with Gasteiger partial charge in [0.05, 0.1) is 5.75 Å². The van der Waals surface area contributed by atoms with Gasteiger partial charge in [0, 0.05) is 37.6 Å². The van der Waals surface area contributed by atoms with Gasteiger partial charge < -0.3 is 9.47 Å². The van der Waals surface area contributed by atoms with Crippen LogP contribution in [-0.2, 0) is 11.8 Å². The maximum atomic E-state index is 12.4. The van der Waals surface area contributed by atoms with Gasteiger partial charge in [-0.2, -0.15) is 0 Å². The number of piperidine rings is 1. The fraction of sp³-hybridized carbons (Fsp3) is 0.500. The van der Waals surface area contributed by atoms with Crippen LogP contribution in [0.5, 0.6) is 0 Å². The van der Waals surface area contributed by atoms with Gasteiger partial charge in [-0.05, 0) is 38.3 Å². The molecule has 1 fully saturated rings. The van der Waals surface area contributed by atoms with Crippen LogP contribution in [0.1, 0.15) is 26.2 Å². The summed E-state index contributed by atoms with van der Waals surface area (Å²) in [6.07, 6.45) is 6.92. The Bertz CT molecular complexity index is 672. The monoisotopic (exact) mass is 331 g/mol. The molecule has 1 atom stereocenters. The molecule has 1 saturated heterocycles. The first-order valence-corrected chi connectivity index (χ1v) is 8.87. The molecule has 0 spiro atoms. The Hall–Kier alpha value is -1.89. The van der Waals surface area contributed by atoms with Crippen LogP contribution >= 0.6 is 11.8 Å². The average Bonchev–Trinajstić information content (AvgIpc) is 2.94. The van der Waals surface area contributed by atoms with Gasteiger partial charge in [0.25, 0.3) is 0 Å². The molecule has 1 amide bonds. The van der Waals surface area contributed by atoms with E-state index in [1.54, 1.807) is 12.4 Å². The third-order valence-corrected chi connectivity index (χ3v) is 5.21. The van der Waals surface area contributed by atoms with E-state index in [0.717, 1.165) is 35.9 Å². The highest BCUT2D eigenvalue weighted by molar-refractivity contribution is 7.99. The molecule has 0 N–H and O–H groups in total. The van der Waals surface area contributed by atoms with Gasteiger partial charge in [0.1, 0.15) is 0 Å². The summed E-state index contributed by atoms with van der Waals surface area (Å²) < 4.78 is 1.91. The molecule has 0 aliphatic carbocycles. The van der Waals surface area contributed by atoms with Crippen molar-refractivity contribution in [2.45, 2.75) is 37.4 Å². The van der Waals surface area contributed by atoms with Crippen molar-refractivity contribution in [2.75, 3.05) is 12.3 Å². The molecule has 122 valence electrons. The number of hydrogen-bond acceptors (Lipinski definition) is 5. The minimum atomic E-state index is 0.188. The van der Waals surface area contributed by atoms with Crippen molar-refractivity contribution in [1.29, 1.82) is 0 Å². The number of pyridine rings is 1. The van der Waals surface area contributed by atoms with Crippen molar-refractivity contribution in [3.05, 3.63) is 24.5 Å². The van der Waals surface area contributed by atoms with E-state index in [9.17, 15) is 4.79 Å². The molecule has 23 heavy (non-hydrogen) atoms. The Labute approximate surface area is 140 Å². The van der Waals surface area contributed by atoms with Crippen molar-refractivity contribution in [1.82, 2.24) is 24.6 Å². The largest absolute Gasteiger partial charge is 0.339 e. The molecule has 2 aromatic rings. The van der Waals surface area contributed by atoms with E-state index in [0.29, 0.717) is 11.8 Å². The number of aromatic nitrogens is 4. The first-order valence-electron chi connectivity index (χ1n) is 7.89. The minimum Gasteiger partial charge on any atom is -0.339 e. The number of likely N-dealkylation sites (tertiary alicyclic amines) is 1. The second-order valence-electron chi connectivity index (χ2n) is 5.83. The molecule has 0 bridgehead atoms. The van der Waals surface area contributed by atoms with E-state index in [1.165, 1.54) is 18.2 Å². The Morgan fingerprint density at radius 1 is 1.39 bits per heavy atom. The van der Waals surface area contributed by atoms with Crippen LogP contribution in [0.25, 0.3) is 11.4 Å². The van der Waals surface area contributed by atoms with Crippen LogP contribution in [0.2, 0.25) is 0 Å². The number of amides is 1. The number of hydrogen-bond donors (Lipinski definition) is 0. The summed E-state index contributed by atoms with van der Waals surface area (Å²) in [5.41, 5.74) is 0.922. The van der Waals surface area contributed by atoms with Crippen LogP contribution in [0.4, 0.5) is 0 Å². The fourth-order valence-corrected chi connectivity index (χ4v) is 3.66. The highest BCUT2D eigenvalue weighted by Crippen LogP contribution is 2.23. The molecule has 0 aromatic carbocycles. The highest BCUT2D eigenvalue weighted by Gasteiger charge is 2.23. The summed E-state index contributed by atoms with van der Waals surface area (Å²) in [5, 5.41) is 9.18. The van der Waals surface area contributed by atoms with Crippen molar-refractivity contribution < 1.29 is 4.79 Å². The number of carbonyl (C=O) groups is 1. The topological polar surface area (TPSA) is 63.9 Å². The molecule has 7 heteroatoms. The second kappa shape index (κ2) is 7.12. The Morgan fingerprint density at radius 3 is 3.00 bits per heavy atom. The molecule has 6 nitrogen and oxygen atoms in total. The zero-order valence-electron chi connectivity index (χ0n) is 13.5. The smallest absolute Gasteiger partial charge is 0.233 e. The number of nitrogens with zero attached hydrogens (tertiary/aromatic N) is 5. The molecule has 2 aromatic heterocycles. The molecule has 1 aliphatic rings. The minimum absolute atomic E-state index is 0.188. The van der Waals surface area contributed by atoms with E-state index in [4.69, 9.17) is 0 Å². The molecular formula is C16H21N5OS. The van der Waals surface area contributed by atoms with Gasteiger partial charge >= 0.3 is 0 Å². The molecular weight excluding hydrogens is 310 g/mol. The lowest BCUT2D eigenvalue weighted by atomic mass is 10.0. The predicted octanol–water partition coefficient (Wildman–Crippen LogP) is 2.37. The molecule has 3 rings (SSSR count). The Morgan fingerprint density at radius 2 is 2.26 bits per heavy atom. The average molecular weight is 331 g/mol. The molecule has 0 saturated carbocycles. The Kier molecular flexibility index (Phi) is 4.95. The second-order valence-corrected chi connectivity index (χ2v) is 6.77. The predicted molar refractivity (Wildman–Crippen MR) is 90.0 cm³/mol. The normalized spacial score (nSPS) is 18.2. The van der Waals surface area contributed by atoms with Crippen molar-refractivity contribution in [3.8, 4) is 11.4 Å². The van der Waals surface area contributed by atoms with Crippen LogP contribution in [-0.4, -0.2) is 48.9 Å². The van der Waals surface area contributed by atoms with Gasteiger partial charge in [0.15, 0.2) is 11.0 Å². The van der Waals surface area contributed by atoms with Crippen LogP contribution in [0.3, 0.4) is 0 Å². The van der Waals surface area contributed by atoms with E-state index in [-0.39, 0.29) is 5.91 Å². The molecule has 3 heterocycles. The lowest BCUT2D eigenvalue weighted by molar-refractivity contribution is -0.131. The van der Waals surface area contributed by atoms with E-state index in [1.807, 2.05) is 28.6 Å². The summed E-state index contributed by atoms with van der Waals surface area (Å²) in [6, 6.07) is 4.17. The van der Waals surface area contributed by atoms with Gasteiger partial charge in [-0.3, -0.25) is 9.78 Å². The summed E-state index contributed by atoms with van der Waals surface area (Å²) in [5.74, 6) is 1.36. The third-order valence-electron chi connectivity index (χ3n) is 4.20.